The fraction of sp³-hybridized carbons (Fsp3) is 0.818. The number of rotatable bonds is 7. The molecule has 2 aliphatic carbocycles. The average molecular weight is 271 g/mol. The molecule has 2 aliphatic rings. The molecule has 0 aliphatic heterocycles. The van der Waals surface area contributed by atoms with Gasteiger partial charge in [0.25, 0.3) is 0 Å². The Hall–Kier alpha value is 1.19. The average Bonchev–Trinajstić information content (AvgIpc) is 2.97. The summed E-state index contributed by atoms with van der Waals surface area (Å²) in [7, 11) is 0. The zero-order valence-corrected chi connectivity index (χ0v) is 13.6. The van der Waals surface area contributed by atoms with E-state index in [1.165, 1.54) is 25.7 Å². The van der Waals surface area contributed by atoms with E-state index in [9.17, 15) is 12.9 Å². The minimum absolute atomic E-state index is 0. The molecule has 2 saturated carbocycles. The molecule has 0 amide bonds. The standard InChI is InChI=1S/C11H18BF3N.K/c1-9(12(13,14)15)6-16(7-10-2-3-10)8-11-4-5-11;/h10-11H,1-8H2;/q-1;+1. The van der Waals surface area contributed by atoms with Crippen LogP contribution < -0.4 is 51.4 Å². The molecule has 6 heteroatoms. The summed E-state index contributed by atoms with van der Waals surface area (Å²) in [6.45, 7) is 0.0203. The molecular formula is C11H18BF3KN. The van der Waals surface area contributed by atoms with Gasteiger partial charge in [0.1, 0.15) is 0 Å². The van der Waals surface area contributed by atoms with Crippen molar-refractivity contribution < 1.29 is 64.3 Å². The Morgan fingerprint density at radius 2 is 1.47 bits per heavy atom. The molecule has 0 unspecified atom stereocenters. The molecule has 0 aromatic rings. The summed E-state index contributed by atoms with van der Waals surface area (Å²) in [5, 5.41) is 0. The molecule has 0 atom stereocenters. The molecule has 2 fully saturated rings. The van der Waals surface area contributed by atoms with Crippen molar-refractivity contribution >= 4 is 6.98 Å². The largest absolute Gasteiger partial charge is 1.00 e. The van der Waals surface area contributed by atoms with Crippen LogP contribution in [0.25, 0.3) is 0 Å². The van der Waals surface area contributed by atoms with E-state index in [2.05, 4.69) is 6.58 Å². The number of hydrogen-bond donors (Lipinski definition) is 0. The van der Waals surface area contributed by atoms with Gasteiger partial charge in [-0.15, -0.1) is 12.1 Å². The molecule has 1 nitrogen and oxygen atoms in total. The molecule has 2 rings (SSSR count). The molecule has 0 N–H and O–H groups in total. The predicted molar refractivity (Wildman–Crippen MR) is 60.1 cm³/mol. The van der Waals surface area contributed by atoms with Gasteiger partial charge in [0.05, 0.1) is 0 Å². The summed E-state index contributed by atoms with van der Waals surface area (Å²) in [5.74, 6) is 1.29. The van der Waals surface area contributed by atoms with E-state index in [0.29, 0.717) is 11.8 Å². The first kappa shape index (κ1) is 16.2. The Bertz CT molecular complexity index is 260. The first-order valence-electron chi connectivity index (χ1n) is 6.05. The summed E-state index contributed by atoms with van der Waals surface area (Å²) in [6.07, 6.45) is 4.74. The van der Waals surface area contributed by atoms with Crippen molar-refractivity contribution in [3.8, 4) is 0 Å². The number of nitrogens with zero attached hydrogens (tertiary/aromatic N) is 1. The van der Waals surface area contributed by atoms with E-state index in [0.717, 1.165) is 13.1 Å². The van der Waals surface area contributed by atoms with Crippen LogP contribution in [0.3, 0.4) is 0 Å². The van der Waals surface area contributed by atoms with Crippen molar-refractivity contribution in [1.29, 1.82) is 0 Å². The van der Waals surface area contributed by atoms with Gasteiger partial charge < -0.3 is 17.8 Å². The van der Waals surface area contributed by atoms with Gasteiger partial charge in [-0.3, -0.25) is 0 Å². The first-order chi connectivity index (χ1) is 7.45. The third-order valence-corrected chi connectivity index (χ3v) is 3.32. The van der Waals surface area contributed by atoms with Gasteiger partial charge in [0.15, 0.2) is 0 Å². The SMILES string of the molecule is C=C(CN(CC1CC1)CC1CC1)[B-](F)(F)F.[K+]. The second-order valence-corrected chi connectivity index (χ2v) is 5.31. The van der Waals surface area contributed by atoms with Gasteiger partial charge in [-0.25, -0.2) is 0 Å². The van der Waals surface area contributed by atoms with Crippen LogP contribution in [0, 0.1) is 11.8 Å². The maximum atomic E-state index is 12.5. The zero-order valence-electron chi connectivity index (χ0n) is 10.5. The minimum Gasteiger partial charge on any atom is -0.445 e. The third kappa shape index (κ3) is 6.25. The maximum absolute atomic E-state index is 12.5. The van der Waals surface area contributed by atoms with Gasteiger partial charge in [-0.1, -0.05) is 0 Å². The van der Waals surface area contributed by atoms with Gasteiger partial charge in [-0.2, -0.15) is 0 Å². The van der Waals surface area contributed by atoms with Crippen molar-refractivity contribution in [2.75, 3.05) is 19.6 Å². The molecule has 0 radical (unpaired) electrons. The van der Waals surface area contributed by atoms with E-state index >= 15 is 0 Å². The fourth-order valence-electron chi connectivity index (χ4n) is 1.93. The second kappa shape index (κ2) is 6.57. The van der Waals surface area contributed by atoms with Gasteiger partial charge >= 0.3 is 58.4 Å². The minimum atomic E-state index is -4.86. The van der Waals surface area contributed by atoms with Crippen molar-refractivity contribution in [2.24, 2.45) is 11.8 Å². The molecule has 0 spiro atoms. The molecule has 92 valence electrons. The van der Waals surface area contributed by atoms with Crippen LogP contribution in [-0.2, 0) is 0 Å². The van der Waals surface area contributed by atoms with E-state index < -0.39 is 12.4 Å². The van der Waals surface area contributed by atoms with Crippen LogP contribution in [0.2, 0.25) is 0 Å². The van der Waals surface area contributed by atoms with Crippen LogP contribution in [0.5, 0.6) is 0 Å². The third-order valence-electron chi connectivity index (χ3n) is 3.32. The molecule has 0 bridgehead atoms. The monoisotopic (exact) mass is 271 g/mol. The molecule has 0 aromatic carbocycles. The van der Waals surface area contributed by atoms with Crippen molar-refractivity contribution in [2.45, 2.75) is 25.7 Å². The van der Waals surface area contributed by atoms with E-state index in [1.807, 2.05) is 4.90 Å². The number of hydrogen-bond acceptors (Lipinski definition) is 1. The zero-order chi connectivity index (χ0) is 11.8. The van der Waals surface area contributed by atoms with Gasteiger partial charge in [0.2, 0.25) is 0 Å². The van der Waals surface area contributed by atoms with Crippen LogP contribution in [0.15, 0.2) is 12.1 Å². The maximum Gasteiger partial charge on any atom is 1.00 e. The summed E-state index contributed by atoms with van der Waals surface area (Å²) in [6, 6.07) is 0. The van der Waals surface area contributed by atoms with Crippen LogP contribution in [-0.4, -0.2) is 31.5 Å². The summed E-state index contributed by atoms with van der Waals surface area (Å²) >= 11 is 0. The molecule has 17 heavy (non-hydrogen) atoms. The number of halogens is 3. The Morgan fingerprint density at radius 1 is 1.06 bits per heavy atom. The van der Waals surface area contributed by atoms with Crippen LogP contribution in [0.4, 0.5) is 12.9 Å². The summed E-state index contributed by atoms with van der Waals surface area (Å²) in [4.78, 5) is 1.97. The van der Waals surface area contributed by atoms with Gasteiger partial charge in [0, 0.05) is 13.1 Å². The van der Waals surface area contributed by atoms with Crippen LogP contribution in [0.1, 0.15) is 25.7 Å². The summed E-state index contributed by atoms with van der Waals surface area (Å²) < 4.78 is 37.4. The van der Waals surface area contributed by atoms with Crippen LogP contribution >= 0.6 is 0 Å². The van der Waals surface area contributed by atoms with Crippen molar-refractivity contribution in [1.82, 2.24) is 4.90 Å². The molecular weight excluding hydrogens is 253 g/mol. The topological polar surface area (TPSA) is 3.24 Å². The van der Waals surface area contributed by atoms with Gasteiger partial charge in [-0.05, 0) is 44.1 Å². The Kier molecular flexibility index (Phi) is 6.28. The fourth-order valence-corrected chi connectivity index (χ4v) is 1.93. The normalized spacial score (nSPS) is 20.2. The Balaban J connectivity index is 0.00000144. The molecule has 0 aromatic heterocycles. The Morgan fingerprint density at radius 3 is 1.76 bits per heavy atom. The van der Waals surface area contributed by atoms with Crippen molar-refractivity contribution in [3.05, 3.63) is 12.1 Å². The summed E-state index contributed by atoms with van der Waals surface area (Å²) in [5.41, 5.74) is -0.540. The van der Waals surface area contributed by atoms with E-state index in [1.54, 1.807) is 0 Å². The predicted octanol–water partition coefficient (Wildman–Crippen LogP) is 0.0552. The van der Waals surface area contributed by atoms with Crippen molar-refractivity contribution in [3.63, 3.8) is 0 Å². The quantitative estimate of drug-likeness (QED) is 0.592. The first-order valence-corrected chi connectivity index (χ1v) is 6.05. The van der Waals surface area contributed by atoms with E-state index in [4.69, 9.17) is 0 Å². The second-order valence-electron chi connectivity index (χ2n) is 5.31. The smallest absolute Gasteiger partial charge is 0.445 e. The van der Waals surface area contributed by atoms with E-state index in [-0.39, 0.29) is 57.9 Å². The molecule has 0 saturated heterocycles. The Labute approximate surface area is 144 Å². The molecule has 0 heterocycles.